The second kappa shape index (κ2) is 6.38. The number of rotatable bonds is 3. The van der Waals surface area contributed by atoms with Gasteiger partial charge in [0.15, 0.2) is 6.04 Å². The van der Waals surface area contributed by atoms with Crippen LogP contribution in [0.1, 0.15) is 58.7 Å². The van der Waals surface area contributed by atoms with Crippen LogP contribution in [0.3, 0.4) is 0 Å². The third-order valence-electron chi connectivity index (χ3n) is 3.02. The first-order valence-corrected chi connectivity index (χ1v) is 7.23. The number of carbonyl (C=O) groups excluding carboxylic acids is 1. The highest BCUT2D eigenvalue weighted by molar-refractivity contribution is 5.81. The predicted molar refractivity (Wildman–Crippen MR) is 84.9 cm³/mol. The number of carboxylic acid groups (broad SMARTS) is 1. The number of alkyl carbamates (subject to hydrolysis) is 1. The number of hydrogen-bond donors (Lipinski definition) is 2. The third kappa shape index (κ3) is 5.39. The summed E-state index contributed by atoms with van der Waals surface area (Å²) in [5.74, 6) is -1.13. The van der Waals surface area contributed by atoms with E-state index in [9.17, 15) is 14.7 Å². The standard InChI is InChI=1S/C17H25NO4/c1-16(2,3)12-9-7-11(8-10-12)13(14(19)20)18-15(21)22-17(4,5)6/h7-10,13H,1-6H3,(H,18,21)(H,19,20)/t13-/m1/s1. The van der Waals surface area contributed by atoms with Crippen LogP contribution in [-0.4, -0.2) is 22.8 Å². The maximum atomic E-state index is 11.8. The van der Waals surface area contributed by atoms with Crippen molar-refractivity contribution < 1.29 is 19.4 Å². The highest BCUT2D eigenvalue weighted by Crippen LogP contribution is 2.24. The van der Waals surface area contributed by atoms with Gasteiger partial charge >= 0.3 is 12.1 Å². The SMILES string of the molecule is CC(C)(C)OC(=O)N[C@@H](C(=O)O)c1ccc(C(C)(C)C)cc1. The lowest BCUT2D eigenvalue weighted by molar-refractivity contribution is -0.139. The van der Waals surface area contributed by atoms with Crippen LogP contribution in [0.2, 0.25) is 0 Å². The van der Waals surface area contributed by atoms with Crippen molar-refractivity contribution in [3.63, 3.8) is 0 Å². The van der Waals surface area contributed by atoms with Crippen molar-refractivity contribution in [2.24, 2.45) is 0 Å². The molecule has 22 heavy (non-hydrogen) atoms. The van der Waals surface area contributed by atoms with E-state index in [1.54, 1.807) is 32.9 Å². The van der Waals surface area contributed by atoms with E-state index in [0.29, 0.717) is 5.56 Å². The summed E-state index contributed by atoms with van der Waals surface area (Å²) in [5.41, 5.74) is 0.906. The molecular weight excluding hydrogens is 282 g/mol. The summed E-state index contributed by atoms with van der Waals surface area (Å²) in [4.78, 5) is 23.2. The second-order valence-electron chi connectivity index (χ2n) is 7.29. The Kier molecular flexibility index (Phi) is 5.22. The molecule has 5 nitrogen and oxygen atoms in total. The van der Waals surface area contributed by atoms with Crippen LogP contribution >= 0.6 is 0 Å². The molecule has 0 aromatic heterocycles. The summed E-state index contributed by atoms with van der Waals surface area (Å²) in [6.45, 7) is 11.4. The van der Waals surface area contributed by atoms with E-state index < -0.39 is 23.7 Å². The Morgan fingerprint density at radius 1 is 1.05 bits per heavy atom. The van der Waals surface area contributed by atoms with Gasteiger partial charge in [-0.1, -0.05) is 45.0 Å². The van der Waals surface area contributed by atoms with Crippen LogP contribution in [0.25, 0.3) is 0 Å². The Balaban J connectivity index is 2.93. The number of ether oxygens (including phenoxy) is 1. The number of carboxylic acids is 1. The summed E-state index contributed by atoms with van der Waals surface area (Å²) in [6.07, 6.45) is -0.750. The molecular formula is C17H25NO4. The van der Waals surface area contributed by atoms with E-state index in [4.69, 9.17) is 4.74 Å². The molecule has 0 aliphatic rings. The molecule has 0 saturated carbocycles. The number of nitrogens with one attached hydrogen (secondary N) is 1. The lowest BCUT2D eigenvalue weighted by Crippen LogP contribution is -2.38. The number of benzene rings is 1. The van der Waals surface area contributed by atoms with E-state index in [1.807, 2.05) is 12.1 Å². The van der Waals surface area contributed by atoms with Crippen LogP contribution in [0.5, 0.6) is 0 Å². The Labute approximate surface area is 131 Å². The lowest BCUT2D eigenvalue weighted by Gasteiger charge is -2.23. The van der Waals surface area contributed by atoms with E-state index in [2.05, 4.69) is 26.1 Å². The molecule has 1 rings (SSSR count). The normalized spacial score (nSPS) is 13.4. The van der Waals surface area contributed by atoms with Gasteiger partial charge < -0.3 is 15.2 Å². The molecule has 0 saturated heterocycles. The summed E-state index contributed by atoms with van der Waals surface area (Å²) in [7, 11) is 0. The van der Waals surface area contributed by atoms with Gasteiger partial charge in [0.25, 0.3) is 0 Å². The van der Waals surface area contributed by atoms with E-state index in [-0.39, 0.29) is 5.41 Å². The Hall–Kier alpha value is -2.04. The first kappa shape index (κ1) is 18.0. The summed E-state index contributed by atoms with van der Waals surface area (Å²) < 4.78 is 5.10. The fourth-order valence-corrected chi connectivity index (χ4v) is 1.89. The molecule has 2 N–H and O–H groups in total. The Morgan fingerprint density at radius 3 is 1.91 bits per heavy atom. The van der Waals surface area contributed by atoms with Crippen molar-refractivity contribution in [1.82, 2.24) is 5.32 Å². The number of aliphatic carboxylic acids is 1. The minimum Gasteiger partial charge on any atom is -0.479 e. The monoisotopic (exact) mass is 307 g/mol. The van der Waals surface area contributed by atoms with Gasteiger partial charge in [-0.15, -0.1) is 0 Å². The van der Waals surface area contributed by atoms with Gasteiger partial charge in [0.05, 0.1) is 0 Å². The number of hydrogen-bond acceptors (Lipinski definition) is 3. The zero-order valence-corrected chi connectivity index (χ0v) is 14.1. The van der Waals surface area contributed by atoms with Gasteiger partial charge in [-0.2, -0.15) is 0 Å². The molecule has 0 unspecified atom stereocenters. The molecule has 1 atom stereocenters. The molecule has 0 aliphatic heterocycles. The van der Waals surface area contributed by atoms with Crippen molar-refractivity contribution in [2.75, 3.05) is 0 Å². The van der Waals surface area contributed by atoms with Gasteiger partial charge in [-0.05, 0) is 37.3 Å². The van der Waals surface area contributed by atoms with Crippen LogP contribution in [0, 0.1) is 0 Å². The third-order valence-corrected chi connectivity index (χ3v) is 3.02. The Bertz CT molecular complexity index is 535. The van der Waals surface area contributed by atoms with E-state index >= 15 is 0 Å². The van der Waals surface area contributed by atoms with Crippen molar-refractivity contribution in [1.29, 1.82) is 0 Å². The molecule has 0 radical (unpaired) electrons. The molecule has 1 aromatic rings. The molecule has 0 heterocycles. The Morgan fingerprint density at radius 2 is 1.55 bits per heavy atom. The van der Waals surface area contributed by atoms with Gasteiger partial charge in [0, 0.05) is 0 Å². The van der Waals surface area contributed by atoms with Gasteiger partial charge in [-0.25, -0.2) is 9.59 Å². The first-order valence-electron chi connectivity index (χ1n) is 7.23. The maximum absolute atomic E-state index is 11.8. The van der Waals surface area contributed by atoms with E-state index in [0.717, 1.165) is 5.56 Å². The largest absolute Gasteiger partial charge is 0.479 e. The van der Waals surface area contributed by atoms with Gasteiger partial charge in [0.1, 0.15) is 5.60 Å². The molecule has 0 bridgehead atoms. The van der Waals surface area contributed by atoms with Gasteiger partial charge in [-0.3, -0.25) is 0 Å². The summed E-state index contributed by atoms with van der Waals surface area (Å²) >= 11 is 0. The van der Waals surface area contributed by atoms with Crippen molar-refractivity contribution >= 4 is 12.1 Å². The molecule has 1 amide bonds. The van der Waals surface area contributed by atoms with E-state index in [1.165, 1.54) is 0 Å². The topological polar surface area (TPSA) is 75.6 Å². The predicted octanol–water partition coefficient (Wildman–Crippen LogP) is 3.63. The van der Waals surface area contributed by atoms with Crippen molar-refractivity contribution in [2.45, 2.75) is 58.6 Å². The molecule has 0 spiro atoms. The molecule has 122 valence electrons. The quantitative estimate of drug-likeness (QED) is 0.894. The highest BCUT2D eigenvalue weighted by atomic mass is 16.6. The smallest absolute Gasteiger partial charge is 0.408 e. The zero-order chi connectivity index (χ0) is 17.1. The first-order chi connectivity index (χ1) is 9.90. The summed E-state index contributed by atoms with van der Waals surface area (Å²) in [6, 6.07) is 6.06. The van der Waals surface area contributed by atoms with Crippen LogP contribution in [-0.2, 0) is 14.9 Å². The zero-order valence-electron chi connectivity index (χ0n) is 14.1. The van der Waals surface area contributed by atoms with Crippen molar-refractivity contribution in [3.8, 4) is 0 Å². The van der Waals surface area contributed by atoms with Crippen LogP contribution in [0.4, 0.5) is 4.79 Å². The van der Waals surface area contributed by atoms with Gasteiger partial charge in [0.2, 0.25) is 0 Å². The molecule has 1 aromatic carbocycles. The number of carbonyl (C=O) groups is 2. The van der Waals surface area contributed by atoms with Crippen LogP contribution < -0.4 is 5.32 Å². The average Bonchev–Trinajstić information content (AvgIpc) is 2.32. The second-order valence-corrected chi connectivity index (χ2v) is 7.29. The average molecular weight is 307 g/mol. The number of amides is 1. The van der Waals surface area contributed by atoms with Crippen molar-refractivity contribution in [3.05, 3.63) is 35.4 Å². The highest BCUT2D eigenvalue weighted by Gasteiger charge is 2.25. The maximum Gasteiger partial charge on any atom is 0.408 e. The molecule has 0 fully saturated rings. The van der Waals surface area contributed by atoms with Crippen LogP contribution in [0.15, 0.2) is 24.3 Å². The molecule has 0 aliphatic carbocycles. The fourth-order valence-electron chi connectivity index (χ4n) is 1.89. The minimum atomic E-state index is -1.14. The fraction of sp³-hybridized carbons (Fsp3) is 0.529. The summed E-state index contributed by atoms with van der Waals surface area (Å²) in [5, 5.41) is 11.7. The minimum absolute atomic E-state index is 0.0180. The lowest BCUT2D eigenvalue weighted by atomic mass is 9.86. The molecule has 5 heteroatoms.